The number of hydrogen-bond donors (Lipinski definition) is 0. The van der Waals surface area contributed by atoms with Gasteiger partial charge in [0.2, 0.25) is 0 Å². The second kappa shape index (κ2) is 7.52. The Morgan fingerprint density at radius 3 is 2.58 bits per heavy atom. The van der Waals surface area contributed by atoms with Crippen LogP contribution in [0.25, 0.3) is 11.6 Å². The van der Waals surface area contributed by atoms with Gasteiger partial charge in [-0.2, -0.15) is 0 Å². The van der Waals surface area contributed by atoms with Gasteiger partial charge in [0.15, 0.2) is 5.82 Å². The van der Waals surface area contributed by atoms with Crippen LogP contribution < -0.4 is 0 Å². The first kappa shape index (κ1) is 17.9. The van der Waals surface area contributed by atoms with E-state index in [2.05, 4.69) is 70.6 Å². The summed E-state index contributed by atoms with van der Waals surface area (Å²) in [7, 11) is 0. The Labute approximate surface area is 154 Å². The second-order valence-corrected chi connectivity index (χ2v) is 6.35. The SMILES string of the molecule is C=Nc1nc(CC)n(Cc2ccccc2)c1/C=C(\C)c1c(C)noc1C. The zero-order valence-corrected chi connectivity index (χ0v) is 15.8. The molecule has 3 aromatic rings. The monoisotopic (exact) mass is 348 g/mol. The van der Waals surface area contributed by atoms with Gasteiger partial charge in [0.1, 0.15) is 11.6 Å². The molecule has 5 heteroatoms. The van der Waals surface area contributed by atoms with E-state index < -0.39 is 0 Å². The molecule has 0 radical (unpaired) electrons. The van der Waals surface area contributed by atoms with E-state index in [0.29, 0.717) is 5.82 Å². The van der Waals surface area contributed by atoms with Crippen LogP contribution in [-0.4, -0.2) is 21.4 Å². The van der Waals surface area contributed by atoms with Crippen molar-refractivity contribution in [1.29, 1.82) is 0 Å². The fraction of sp³-hybridized carbons (Fsp3) is 0.286. The Hall–Kier alpha value is -2.95. The third-order valence-electron chi connectivity index (χ3n) is 4.50. The highest BCUT2D eigenvalue weighted by Crippen LogP contribution is 2.29. The van der Waals surface area contributed by atoms with Crippen LogP contribution in [0, 0.1) is 13.8 Å². The molecule has 0 aliphatic heterocycles. The largest absolute Gasteiger partial charge is 0.361 e. The molecule has 3 rings (SSSR count). The van der Waals surface area contributed by atoms with Crippen LogP contribution in [0.4, 0.5) is 5.82 Å². The van der Waals surface area contributed by atoms with E-state index in [9.17, 15) is 0 Å². The molecular formula is C21H24N4O. The second-order valence-electron chi connectivity index (χ2n) is 6.35. The summed E-state index contributed by atoms with van der Waals surface area (Å²) in [5, 5.41) is 4.06. The molecule has 2 heterocycles. The van der Waals surface area contributed by atoms with E-state index in [1.165, 1.54) is 5.56 Å². The van der Waals surface area contributed by atoms with Gasteiger partial charge >= 0.3 is 0 Å². The molecule has 0 saturated carbocycles. The molecule has 0 spiro atoms. The Kier molecular flexibility index (Phi) is 5.16. The minimum absolute atomic E-state index is 0.656. The van der Waals surface area contributed by atoms with Crippen LogP contribution in [-0.2, 0) is 13.0 Å². The number of aliphatic imine (C=N–C) groups is 1. The quantitative estimate of drug-likeness (QED) is 0.590. The molecule has 0 aliphatic rings. The van der Waals surface area contributed by atoms with Crippen molar-refractivity contribution in [3.8, 4) is 0 Å². The van der Waals surface area contributed by atoms with Crippen molar-refractivity contribution in [2.45, 2.75) is 40.7 Å². The van der Waals surface area contributed by atoms with Crippen molar-refractivity contribution >= 4 is 24.2 Å². The number of allylic oxidation sites excluding steroid dienone is 1. The van der Waals surface area contributed by atoms with Gasteiger partial charge in [-0.15, -0.1) is 0 Å². The maximum absolute atomic E-state index is 5.31. The number of benzene rings is 1. The van der Waals surface area contributed by atoms with Gasteiger partial charge in [0, 0.05) is 18.5 Å². The van der Waals surface area contributed by atoms with Crippen LogP contribution in [0.15, 0.2) is 39.8 Å². The lowest BCUT2D eigenvalue weighted by Gasteiger charge is -2.10. The maximum Gasteiger partial charge on any atom is 0.177 e. The number of hydrogen-bond acceptors (Lipinski definition) is 4. The third-order valence-corrected chi connectivity index (χ3v) is 4.50. The maximum atomic E-state index is 5.31. The molecule has 0 amide bonds. The Balaban J connectivity index is 2.12. The molecule has 0 unspecified atom stereocenters. The first-order chi connectivity index (χ1) is 12.5. The third kappa shape index (κ3) is 3.38. The molecule has 0 bridgehead atoms. The summed E-state index contributed by atoms with van der Waals surface area (Å²) in [6.07, 6.45) is 2.93. The van der Waals surface area contributed by atoms with Gasteiger partial charge < -0.3 is 9.09 Å². The summed E-state index contributed by atoms with van der Waals surface area (Å²) in [4.78, 5) is 8.83. The molecule has 0 atom stereocenters. The van der Waals surface area contributed by atoms with E-state index in [4.69, 9.17) is 4.52 Å². The zero-order chi connectivity index (χ0) is 18.7. The first-order valence-electron chi connectivity index (χ1n) is 8.76. The van der Waals surface area contributed by atoms with Crippen molar-refractivity contribution in [2.75, 3.05) is 0 Å². The van der Waals surface area contributed by atoms with Crippen LogP contribution >= 0.6 is 0 Å². The normalized spacial score (nSPS) is 11.8. The van der Waals surface area contributed by atoms with Crippen molar-refractivity contribution in [2.24, 2.45) is 4.99 Å². The van der Waals surface area contributed by atoms with Gasteiger partial charge in [0.25, 0.3) is 0 Å². The highest BCUT2D eigenvalue weighted by Gasteiger charge is 2.17. The number of nitrogens with zero attached hydrogens (tertiary/aromatic N) is 4. The highest BCUT2D eigenvalue weighted by atomic mass is 16.5. The van der Waals surface area contributed by atoms with Crippen molar-refractivity contribution < 1.29 is 4.52 Å². The van der Waals surface area contributed by atoms with Gasteiger partial charge in [-0.3, -0.25) is 0 Å². The van der Waals surface area contributed by atoms with Crippen molar-refractivity contribution in [3.63, 3.8) is 0 Å². The summed E-state index contributed by atoms with van der Waals surface area (Å²) >= 11 is 0. The lowest BCUT2D eigenvalue weighted by molar-refractivity contribution is 0.393. The smallest absolute Gasteiger partial charge is 0.177 e. The molecule has 0 aliphatic carbocycles. The summed E-state index contributed by atoms with van der Waals surface area (Å²) in [5.74, 6) is 2.46. The number of imidazole rings is 1. The summed E-state index contributed by atoms with van der Waals surface area (Å²) in [6.45, 7) is 12.5. The first-order valence-corrected chi connectivity index (χ1v) is 8.76. The molecule has 0 saturated heterocycles. The fourth-order valence-electron chi connectivity index (χ4n) is 3.29. The summed E-state index contributed by atoms with van der Waals surface area (Å²) < 4.78 is 7.52. The van der Waals surface area contributed by atoms with Gasteiger partial charge in [-0.25, -0.2) is 9.98 Å². The number of aryl methyl sites for hydroxylation is 3. The predicted octanol–water partition coefficient (Wildman–Crippen LogP) is 4.99. The molecule has 1 aromatic carbocycles. The minimum Gasteiger partial charge on any atom is -0.361 e. The topological polar surface area (TPSA) is 56.2 Å². The van der Waals surface area contributed by atoms with Crippen LogP contribution in [0.2, 0.25) is 0 Å². The lowest BCUT2D eigenvalue weighted by Crippen LogP contribution is -2.06. The van der Waals surface area contributed by atoms with Crippen molar-refractivity contribution in [3.05, 3.63) is 64.4 Å². The van der Waals surface area contributed by atoms with E-state index >= 15 is 0 Å². The van der Waals surface area contributed by atoms with Gasteiger partial charge in [-0.1, -0.05) is 42.4 Å². The van der Waals surface area contributed by atoms with Gasteiger partial charge in [0.05, 0.1) is 11.4 Å². The zero-order valence-electron chi connectivity index (χ0n) is 15.8. The average Bonchev–Trinajstić information content (AvgIpc) is 3.15. The molecule has 134 valence electrons. The molecule has 5 nitrogen and oxygen atoms in total. The molecule has 2 aromatic heterocycles. The standard InChI is InChI=1S/C21H24N4O/c1-6-19-23-21(22-5)18(25(19)13-17-10-8-7-9-11-17)12-14(2)20-15(3)24-26-16(20)4/h7-12H,5-6,13H2,1-4H3/b14-12+. The molecule has 0 N–H and O–H groups in total. The van der Waals surface area contributed by atoms with Crippen molar-refractivity contribution in [1.82, 2.24) is 14.7 Å². The Morgan fingerprint density at radius 1 is 1.27 bits per heavy atom. The molecule has 0 fully saturated rings. The van der Waals surface area contributed by atoms with Crippen LogP contribution in [0.5, 0.6) is 0 Å². The van der Waals surface area contributed by atoms with Gasteiger partial charge in [-0.05, 0) is 44.7 Å². The number of aromatic nitrogens is 3. The Bertz CT molecular complexity index is 929. The molecular weight excluding hydrogens is 324 g/mol. The molecule has 26 heavy (non-hydrogen) atoms. The van der Waals surface area contributed by atoms with E-state index in [0.717, 1.165) is 47.1 Å². The van der Waals surface area contributed by atoms with E-state index in [1.807, 2.05) is 19.9 Å². The van der Waals surface area contributed by atoms with E-state index in [-0.39, 0.29) is 0 Å². The highest BCUT2D eigenvalue weighted by molar-refractivity contribution is 5.83. The van der Waals surface area contributed by atoms with E-state index in [1.54, 1.807) is 0 Å². The minimum atomic E-state index is 0.656. The lowest BCUT2D eigenvalue weighted by atomic mass is 10.0. The number of rotatable bonds is 6. The van der Waals surface area contributed by atoms with Crippen LogP contribution in [0.3, 0.4) is 0 Å². The fourth-order valence-corrected chi connectivity index (χ4v) is 3.29. The average molecular weight is 348 g/mol. The summed E-state index contributed by atoms with van der Waals surface area (Å²) in [5.41, 5.74) is 5.17. The summed E-state index contributed by atoms with van der Waals surface area (Å²) in [6, 6.07) is 10.4. The van der Waals surface area contributed by atoms with Crippen LogP contribution in [0.1, 0.15) is 47.9 Å². The Morgan fingerprint density at radius 2 is 2.00 bits per heavy atom. The predicted molar refractivity (Wildman–Crippen MR) is 106 cm³/mol.